The van der Waals surface area contributed by atoms with Crippen molar-refractivity contribution in [2.75, 3.05) is 0 Å². The van der Waals surface area contributed by atoms with E-state index in [-0.39, 0.29) is 5.56 Å². The van der Waals surface area contributed by atoms with Crippen molar-refractivity contribution in [3.8, 4) is 21.7 Å². The Bertz CT molecular complexity index is 947. The van der Waals surface area contributed by atoms with Gasteiger partial charge in [-0.05, 0) is 30.2 Å². The fraction of sp³-hybridized carbons (Fsp3) is 0.111. The summed E-state index contributed by atoms with van der Waals surface area (Å²) >= 11 is 1.13. The van der Waals surface area contributed by atoms with Crippen LogP contribution in [0.4, 0.5) is 13.2 Å². The number of hydrogen-bond acceptors (Lipinski definition) is 3. The quantitative estimate of drug-likeness (QED) is 0.720. The van der Waals surface area contributed by atoms with Crippen LogP contribution in [-0.4, -0.2) is 10.9 Å². The second kappa shape index (κ2) is 6.33. The number of nitrogens with two attached hydrogens (primary N) is 1. The zero-order valence-corrected chi connectivity index (χ0v) is 13.9. The highest BCUT2D eigenvalue weighted by Crippen LogP contribution is 2.38. The zero-order chi connectivity index (χ0) is 18.2. The van der Waals surface area contributed by atoms with Crippen LogP contribution < -0.4 is 5.73 Å². The minimum absolute atomic E-state index is 0.0975. The monoisotopic (exact) mass is 362 g/mol. The number of amides is 1. The van der Waals surface area contributed by atoms with Gasteiger partial charge in [-0.25, -0.2) is 4.98 Å². The number of nitrogens with zero attached hydrogens (tertiary/aromatic N) is 1. The van der Waals surface area contributed by atoms with Gasteiger partial charge in [0.05, 0.1) is 11.3 Å². The number of thiazole rings is 1. The van der Waals surface area contributed by atoms with Crippen molar-refractivity contribution in [2.24, 2.45) is 5.73 Å². The molecule has 2 N–H and O–H groups in total. The first-order chi connectivity index (χ1) is 11.8. The molecule has 0 aliphatic rings. The second-order valence-electron chi connectivity index (χ2n) is 5.42. The Morgan fingerprint density at radius 2 is 1.76 bits per heavy atom. The molecule has 0 unspecified atom stereocenters. The van der Waals surface area contributed by atoms with E-state index in [1.165, 1.54) is 12.1 Å². The van der Waals surface area contributed by atoms with Gasteiger partial charge in [0, 0.05) is 5.56 Å². The molecule has 1 heterocycles. The first-order valence-electron chi connectivity index (χ1n) is 7.31. The van der Waals surface area contributed by atoms with Crippen molar-refractivity contribution in [2.45, 2.75) is 13.1 Å². The first kappa shape index (κ1) is 17.2. The molecule has 7 heteroatoms. The van der Waals surface area contributed by atoms with Gasteiger partial charge in [-0.15, -0.1) is 11.3 Å². The van der Waals surface area contributed by atoms with Gasteiger partial charge in [0.15, 0.2) is 0 Å². The minimum atomic E-state index is -4.44. The maximum atomic E-state index is 13.2. The van der Waals surface area contributed by atoms with Crippen molar-refractivity contribution in [1.82, 2.24) is 4.98 Å². The summed E-state index contributed by atoms with van der Waals surface area (Å²) in [5, 5.41) is 0.539. The lowest BCUT2D eigenvalue weighted by molar-refractivity contribution is -0.137. The van der Waals surface area contributed by atoms with Crippen molar-refractivity contribution in [3.05, 3.63) is 64.7 Å². The number of benzene rings is 2. The molecule has 0 saturated carbocycles. The Balaban J connectivity index is 2.10. The molecular formula is C18H13F3N2OS. The van der Waals surface area contributed by atoms with Gasteiger partial charge in [0.1, 0.15) is 9.88 Å². The summed E-state index contributed by atoms with van der Waals surface area (Å²) in [6.45, 7) is 1.67. The highest BCUT2D eigenvalue weighted by atomic mass is 32.1. The Labute approximate surface area is 145 Å². The smallest absolute Gasteiger partial charge is 0.365 e. The number of rotatable bonds is 3. The van der Waals surface area contributed by atoms with Crippen LogP contribution in [0.15, 0.2) is 48.5 Å². The van der Waals surface area contributed by atoms with Crippen LogP contribution in [0.5, 0.6) is 0 Å². The van der Waals surface area contributed by atoms with E-state index in [2.05, 4.69) is 4.98 Å². The molecule has 0 atom stereocenters. The van der Waals surface area contributed by atoms with Gasteiger partial charge in [-0.3, -0.25) is 4.79 Å². The lowest BCUT2D eigenvalue weighted by Crippen LogP contribution is -2.09. The predicted molar refractivity (Wildman–Crippen MR) is 91.2 cm³/mol. The number of alkyl halides is 3. The second-order valence-corrected chi connectivity index (χ2v) is 6.42. The van der Waals surface area contributed by atoms with Crippen LogP contribution in [-0.2, 0) is 6.18 Å². The van der Waals surface area contributed by atoms with Crippen LogP contribution >= 0.6 is 11.3 Å². The van der Waals surface area contributed by atoms with E-state index < -0.39 is 17.6 Å². The highest BCUT2D eigenvalue weighted by Gasteiger charge is 2.33. The molecule has 1 amide bonds. The summed E-state index contributed by atoms with van der Waals surface area (Å²) in [6, 6.07) is 12.1. The van der Waals surface area contributed by atoms with Gasteiger partial charge in [0.2, 0.25) is 0 Å². The maximum Gasteiger partial charge on any atom is 0.417 e. The molecule has 0 bridgehead atoms. The van der Waals surface area contributed by atoms with Crippen LogP contribution in [0.1, 0.15) is 20.9 Å². The molecule has 0 fully saturated rings. The Hall–Kier alpha value is -2.67. The summed E-state index contributed by atoms with van der Waals surface area (Å²) in [7, 11) is 0. The van der Waals surface area contributed by atoms with Gasteiger partial charge in [0.25, 0.3) is 5.91 Å². The molecule has 1 aromatic heterocycles. The first-order valence-corrected chi connectivity index (χ1v) is 8.13. The average Bonchev–Trinajstić information content (AvgIpc) is 2.96. The number of primary amides is 1. The molecule has 0 aliphatic carbocycles. The summed E-state index contributed by atoms with van der Waals surface area (Å²) in [5.74, 6) is -0.570. The fourth-order valence-electron chi connectivity index (χ4n) is 2.55. The molecule has 2 aromatic carbocycles. The third-order valence-electron chi connectivity index (χ3n) is 3.67. The normalized spacial score (nSPS) is 11.5. The molecular weight excluding hydrogens is 349 g/mol. The molecule has 0 aliphatic heterocycles. The van der Waals surface area contributed by atoms with E-state index in [1.807, 2.05) is 0 Å². The molecule has 0 spiro atoms. The number of aromatic nitrogens is 1. The Morgan fingerprint density at radius 3 is 2.40 bits per heavy atom. The molecule has 3 rings (SSSR count). The van der Waals surface area contributed by atoms with Crippen LogP contribution in [0.2, 0.25) is 0 Å². The average molecular weight is 362 g/mol. The number of hydrogen-bond donors (Lipinski definition) is 1. The highest BCUT2D eigenvalue weighted by molar-refractivity contribution is 7.17. The SMILES string of the molecule is Cc1nc(-c2cccc(-c3ccccc3C(F)(F)F)c2)sc1C(N)=O. The summed E-state index contributed by atoms with van der Waals surface area (Å²) in [5.41, 5.74) is 6.28. The maximum absolute atomic E-state index is 13.2. The standard InChI is InChI=1S/C18H13F3N2OS/c1-10-15(16(22)24)25-17(23-10)12-6-4-5-11(9-12)13-7-2-3-8-14(13)18(19,20)21/h2-9H,1H3,(H2,22,24). The van der Waals surface area contributed by atoms with Gasteiger partial charge in [-0.1, -0.05) is 36.4 Å². The Morgan fingerprint density at radius 1 is 1.08 bits per heavy atom. The van der Waals surface area contributed by atoms with Crippen LogP contribution in [0, 0.1) is 6.92 Å². The third kappa shape index (κ3) is 3.41. The number of carbonyl (C=O) groups excluding carboxylic acids is 1. The molecule has 128 valence electrons. The molecule has 3 nitrogen and oxygen atoms in total. The van der Waals surface area contributed by atoms with E-state index >= 15 is 0 Å². The van der Waals surface area contributed by atoms with Gasteiger partial charge >= 0.3 is 6.18 Å². The van der Waals surface area contributed by atoms with Crippen molar-refractivity contribution < 1.29 is 18.0 Å². The summed E-state index contributed by atoms with van der Waals surface area (Å²) in [6.07, 6.45) is -4.44. The summed E-state index contributed by atoms with van der Waals surface area (Å²) in [4.78, 5) is 16.0. The van der Waals surface area contributed by atoms with Crippen molar-refractivity contribution >= 4 is 17.2 Å². The number of aryl methyl sites for hydroxylation is 1. The largest absolute Gasteiger partial charge is 0.417 e. The zero-order valence-electron chi connectivity index (χ0n) is 13.1. The Kier molecular flexibility index (Phi) is 4.34. The number of halogens is 3. The van der Waals surface area contributed by atoms with Crippen molar-refractivity contribution in [3.63, 3.8) is 0 Å². The van der Waals surface area contributed by atoms with E-state index in [0.717, 1.165) is 17.4 Å². The molecule has 25 heavy (non-hydrogen) atoms. The van der Waals surface area contributed by atoms with Crippen LogP contribution in [0.3, 0.4) is 0 Å². The van der Waals surface area contributed by atoms with Crippen LogP contribution in [0.25, 0.3) is 21.7 Å². The van der Waals surface area contributed by atoms with E-state index in [4.69, 9.17) is 5.73 Å². The minimum Gasteiger partial charge on any atom is -0.365 e. The number of carbonyl (C=O) groups is 1. The van der Waals surface area contributed by atoms with E-state index in [1.54, 1.807) is 37.3 Å². The molecule has 0 saturated heterocycles. The lowest BCUT2D eigenvalue weighted by atomic mass is 9.98. The topological polar surface area (TPSA) is 56.0 Å². The molecule has 0 radical (unpaired) electrons. The van der Waals surface area contributed by atoms with Gasteiger partial charge in [-0.2, -0.15) is 13.2 Å². The van der Waals surface area contributed by atoms with E-state index in [9.17, 15) is 18.0 Å². The fourth-order valence-corrected chi connectivity index (χ4v) is 3.46. The molecule has 3 aromatic rings. The predicted octanol–water partition coefficient (Wildman–Crippen LogP) is 4.90. The van der Waals surface area contributed by atoms with E-state index in [0.29, 0.717) is 26.7 Å². The lowest BCUT2D eigenvalue weighted by Gasteiger charge is -2.13. The van der Waals surface area contributed by atoms with Crippen molar-refractivity contribution in [1.29, 1.82) is 0 Å². The third-order valence-corrected chi connectivity index (χ3v) is 4.89. The summed E-state index contributed by atoms with van der Waals surface area (Å²) < 4.78 is 39.7. The van der Waals surface area contributed by atoms with Gasteiger partial charge < -0.3 is 5.73 Å².